The Balaban J connectivity index is 2.33. The molecule has 1 aliphatic heterocycles. The normalized spacial score (nSPS) is 19.9. The monoisotopic (exact) mass is 481 g/mol. The standard InChI is InChI=1S/C17H22BrCl2N3O4/c1-2-3-4-27-17(26)22-8-12(10-24)23(16(25)7-19)13(9-22)11-5-14(18)21-15(20)6-11/h5-6,12-13,24H,2-4,7-10H2,1H3. The van der Waals surface area contributed by atoms with Crippen molar-refractivity contribution in [2.24, 2.45) is 0 Å². The van der Waals surface area contributed by atoms with E-state index in [1.165, 1.54) is 9.80 Å². The summed E-state index contributed by atoms with van der Waals surface area (Å²) < 4.78 is 5.80. The minimum Gasteiger partial charge on any atom is -0.449 e. The third-order valence-electron chi connectivity index (χ3n) is 4.32. The van der Waals surface area contributed by atoms with Crippen LogP contribution in [0.25, 0.3) is 0 Å². The van der Waals surface area contributed by atoms with E-state index in [1.807, 2.05) is 6.92 Å². The summed E-state index contributed by atoms with van der Waals surface area (Å²) in [7, 11) is 0. The van der Waals surface area contributed by atoms with Crippen molar-refractivity contribution in [2.45, 2.75) is 31.8 Å². The summed E-state index contributed by atoms with van der Waals surface area (Å²) in [4.78, 5) is 32.0. The van der Waals surface area contributed by atoms with Crippen molar-refractivity contribution < 1.29 is 19.4 Å². The zero-order valence-corrected chi connectivity index (χ0v) is 18.0. The minimum atomic E-state index is -0.598. The average molecular weight is 483 g/mol. The van der Waals surface area contributed by atoms with Gasteiger partial charge in [-0.05, 0) is 40.0 Å². The van der Waals surface area contributed by atoms with Gasteiger partial charge in [0.2, 0.25) is 5.91 Å². The van der Waals surface area contributed by atoms with Gasteiger partial charge < -0.3 is 19.6 Å². The van der Waals surface area contributed by atoms with Gasteiger partial charge in [-0.3, -0.25) is 4.79 Å². The van der Waals surface area contributed by atoms with Gasteiger partial charge in [-0.15, -0.1) is 11.6 Å². The molecule has 1 fully saturated rings. The molecule has 1 saturated heterocycles. The third kappa shape index (κ3) is 5.70. The Hall–Kier alpha value is -1.09. The molecule has 7 nitrogen and oxygen atoms in total. The van der Waals surface area contributed by atoms with Crippen LogP contribution in [0.2, 0.25) is 5.15 Å². The van der Waals surface area contributed by atoms with E-state index in [4.69, 9.17) is 27.9 Å². The van der Waals surface area contributed by atoms with E-state index < -0.39 is 18.2 Å². The molecule has 0 radical (unpaired) electrons. The Kier molecular flexibility index (Phi) is 8.60. The van der Waals surface area contributed by atoms with Crippen molar-refractivity contribution in [3.05, 3.63) is 27.5 Å². The number of carbonyl (C=O) groups is 2. The van der Waals surface area contributed by atoms with Crippen molar-refractivity contribution in [3.63, 3.8) is 0 Å². The number of hydrogen-bond donors (Lipinski definition) is 1. The van der Waals surface area contributed by atoms with Crippen molar-refractivity contribution in [3.8, 4) is 0 Å². The number of aliphatic hydroxyl groups excluding tert-OH is 1. The van der Waals surface area contributed by atoms with Crippen LogP contribution in [0, 0.1) is 0 Å². The van der Waals surface area contributed by atoms with E-state index in [0.717, 1.165) is 12.8 Å². The number of nitrogens with zero attached hydrogens (tertiary/aromatic N) is 3. The molecule has 0 aliphatic carbocycles. The zero-order valence-electron chi connectivity index (χ0n) is 14.9. The molecular weight excluding hydrogens is 461 g/mol. The number of aromatic nitrogens is 1. The quantitative estimate of drug-likeness (QED) is 0.382. The second-order valence-corrected chi connectivity index (χ2v) is 7.67. The van der Waals surface area contributed by atoms with Crippen LogP contribution in [0.5, 0.6) is 0 Å². The first-order valence-corrected chi connectivity index (χ1v) is 10.3. The Morgan fingerprint density at radius 3 is 2.74 bits per heavy atom. The molecule has 1 aromatic rings. The van der Waals surface area contributed by atoms with Crippen molar-refractivity contribution >= 4 is 51.1 Å². The van der Waals surface area contributed by atoms with Gasteiger partial charge in [-0.25, -0.2) is 9.78 Å². The Morgan fingerprint density at radius 1 is 1.41 bits per heavy atom. The number of piperazine rings is 1. The maximum absolute atomic E-state index is 12.5. The highest BCUT2D eigenvalue weighted by Gasteiger charge is 2.40. The van der Waals surface area contributed by atoms with Crippen LogP contribution >= 0.6 is 39.1 Å². The zero-order chi connectivity index (χ0) is 20.0. The van der Waals surface area contributed by atoms with E-state index >= 15 is 0 Å². The number of pyridine rings is 1. The van der Waals surface area contributed by atoms with Crippen LogP contribution in [-0.2, 0) is 9.53 Å². The maximum Gasteiger partial charge on any atom is 0.409 e. The molecule has 10 heteroatoms. The summed E-state index contributed by atoms with van der Waals surface area (Å²) in [5.74, 6) is -0.558. The molecule has 1 aromatic heterocycles. The molecule has 150 valence electrons. The summed E-state index contributed by atoms with van der Waals surface area (Å²) in [5, 5.41) is 10.1. The number of unbranched alkanes of at least 4 members (excludes halogenated alkanes) is 1. The molecule has 0 spiro atoms. The number of aliphatic hydroxyl groups is 1. The van der Waals surface area contributed by atoms with Crippen LogP contribution in [0.3, 0.4) is 0 Å². The van der Waals surface area contributed by atoms with Gasteiger partial charge in [0, 0.05) is 13.1 Å². The molecule has 2 amide bonds. The Bertz CT molecular complexity index is 659. The Morgan fingerprint density at radius 2 is 2.15 bits per heavy atom. The van der Waals surface area contributed by atoms with E-state index in [-0.39, 0.29) is 36.6 Å². The topological polar surface area (TPSA) is 83.0 Å². The van der Waals surface area contributed by atoms with Gasteiger partial charge in [-0.2, -0.15) is 0 Å². The fraction of sp³-hybridized carbons (Fsp3) is 0.588. The molecule has 27 heavy (non-hydrogen) atoms. The van der Waals surface area contributed by atoms with Crippen LogP contribution < -0.4 is 0 Å². The fourth-order valence-corrected chi connectivity index (χ4v) is 3.96. The highest BCUT2D eigenvalue weighted by Crippen LogP contribution is 2.32. The SMILES string of the molecule is CCCCOC(=O)N1CC(CO)N(C(=O)CCl)C(c2cc(Cl)nc(Br)c2)C1. The lowest BCUT2D eigenvalue weighted by atomic mass is 10.00. The highest BCUT2D eigenvalue weighted by molar-refractivity contribution is 9.10. The lowest BCUT2D eigenvalue weighted by Gasteiger charge is -2.45. The Labute approximate surface area is 176 Å². The van der Waals surface area contributed by atoms with E-state index in [9.17, 15) is 14.7 Å². The molecule has 2 heterocycles. The lowest BCUT2D eigenvalue weighted by molar-refractivity contribution is -0.139. The van der Waals surface area contributed by atoms with Gasteiger partial charge in [0.1, 0.15) is 15.6 Å². The van der Waals surface area contributed by atoms with E-state index in [1.54, 1.807) is 12.1 Å². The van der Waals surface area contributed by atoms with E-state index in [2.05, 4.69) is 20.9 Å². The lowest BCUT2D eigenvalue weighted by Crippen LogP contribution is -2.59. The molecule has 2 rings (SSSR count). The largest absolute Gasteiger partial charge is 0.449 e. The van der Waals surface area contributed by atoms with Gasteiger partial charge in [-0.1, -0.05) is 24.9 Å². The third-order valence-corrected chi connectivity index (χ3v) is 5.15. The number of carbonyl (C=O) groups excluding carboxylic acids is 2. The second-order valence-electron chi connectivity index (χ2n) is 6.21. The number of ether oxygens (including phenoxy) is 1. The number of hydrogen-bond acceptors (Lipinski definition) is 5. The molecule has 2 unspecified atom stereocenters. The molecule has 0 bridgehead atoms. The average Bonchev–Trinajstić information content (AvgIpc) is 2.65. The second kappa shape index (κ2) is 10.5. The first-order valence-electron chi connectivity index (χ1n) is 8.63. The van der Waals surface area contributed by atoms with Gasteiger partial charge in [0.25, 0.3) is 0 Å². The predicted molar refractivity (Wildman–Crippen MR) is 106 cm³/mol. The fourth-order valence-electron chi connectivity index (χ4n) is 3.05. The summed E-state index contributed by atoms with van der Waals surface area (Å²) in [6, 6.07) is 2.23. The number of alkyl halides is 1. The summed E-state index contributed by atoms with van der Waals surface area (Å²) in [6.45, 7) is 2.40. The van der Waals surface area contributed by atoms with Crippen LogP contribution in [0.1, 0.15) is 31.4 Å². The number of amides is 2. The van der Waals surface area contributed by atoms with Crippen LogP contribution in [-0.4, -0.2) is 70.1 Å². The maximum atomic E-state index is 12.5. The van der Waals surface area contributed by atoms with Crippen LogP contribution in [0.15, 0.2) is 16.7 Å². The van der Waals surface area contributed by atoms with Gasteiger partial charge >= 0.3 is 6.09 Å². The summed E-state index contributed by atoms with van der Waals surface area (Å²) in [5.41, 5.74) is 0.685. The van der Waals surface area contributed by atoms with Crippen molar-refractivity contribution in [1.29, 1.82) is 0 Å². The van der Waals surface area contributed by atoms with Crippen molar-refractivity contribution in [2.75, 3.05) is 32.2 Å². The molecular formula is C17H22BrCl2N3O4. The first kappa shape index (κ1) is 22.2. The smallest absolute Gasteiger partial charge is 0.409 e. The molecule has 0 saturated carbocycles. The van der Waals surface area contributed by atoms with Gasteiger partial charge in [0.05, 0.1) is 25.3 Å². The highest BCUT2D eigenvalue weighted by atomic mass is 79.9. The molecule has 1 aliphatic rings. The minimum absolute atomic E-state index is 0.167. The van der Waals surface area contributed by atoms with E-state index in [0.29, 0.717) is 16.8 Å². The summed E-state index contributed by atoms with van der Waals surface area (Å²) >= 11 is 15.1. The van der Waals surface area contributed by atoms with Crippen LogP contribution in [0.4, 0.5) is 4.79 Å². The van der Waals surface area contributed by atoms with Gasteiger partial charge in [0.15, 0.2) is 0 Å². The first-order chi connectivity index (χ1) is 12.9. The predicted octanol–water partition coefficient (Wildman–Crippen LogP) is 3.22. The molecule has 0 aromatic carbocycles. The molecule has 1 N–H and O–H groups in total. The summed E-state index contributed by atoms with van der Waals surface area (Å²) in [6.07, 6.45) is 1.22. The number of halogens is 3. The number of rotatable bonds is 6. The van der Waals surface area contributed by atoms with Crippen molar-refractivity contribution in [1.82, 2.24) is 14.8 Å². The molecule has 2 atom stereocenters.